The van der Waals surface area contributed by atoms with Crippen LogP contribution in [0, 0.1) is 20.8 Å². The average Bonchev–Trinajstić information content (AvgIpc) is 2.43. The number of nitrogens with zero attached hydrogens (tertiary/aromatic N) is 3. The molecule has 0 radical (unpaired) electrons. The number of aryl methyl sites for hydroxylation is 3. The molecule has 0 aliphatic rings. The molecule has 0 amide bonds. The molecule has 0 aliphatic carbocycles. The molecule has 0 atom stereocenters. The van der Waals surface area contributed by atoms with Crippen LogP contribution in [-0.4, -0.2) is 21.4 Å². The van der Waals surface area contributed by atoms with E-state index in [1.807, 2.05) is 27.1 Å². The van der Waals surface area contributed by atoms with Crippen LogP contribution in [-0.2, 0) is 0 Å². The predicted molar refractivity (Wildman–Crippen MR) is 56.7 cm³/mol. The van der Waals surface area contributed by atoms with Crippen LogP contribution in [0.4, 0.5) is 5.82 Å². The number of rotatable bonds is 1. The van der Waals surface area contributed by atoms with E-state index >= 15 is 0 Å². The molecule has 0 spiro atoms. The van der Waals surface area contributed by atoms with E-state index in [9.17, 15) is 0 Å². The number of imidazole rings is 1. The van der Waals surface area contributed by atoms with Crippen molar-refractivity contribution in [2.45, 2.75) is 20.8 Å². The summed E-state index contributed by atoms with van der Waals surface area (Å²) in [5.41, 5.74) is 4.10. The van der Waals surface area contributed by atoms with E-state index in [4.69, 9.17) is 0 Å². The van der Waals surface area contributed by atoms with Crippen molar-refractivity contribution in [3.63, 3.8) is 0 Å². The van der Waals surface area contributed by atoms with Gasteiger partial charge in [0.15, 0.2) is 11.5 Å². The highest BCUT2D eigenvalue weighted by molar-refractivity contribution is 5.64. The SMILES string of the molecule is CNc1nc(C)cn2c(C)c(C)nc12. The molecule has 2 heterocycles. The Morgan fingerprint density at radius 1 is 1.21 bits per heavy atom. The summed E-state index contributed by atoms with van der Waals surface area (Å²) in [6.45, 7) is 6.06. The minimum Gasteiger partial charge on any atom is -0.370 e. The first kappa shape index (κ1) is 8.99. The molecule has 0 fully saturated rings. The fourth-order valence-electron chi connectivity index (χ4n) is 1.56. The summed E-state index contributed by atoms with van der Waals surface area (Å²) < 4.78 is 2.07. The van der Waals surface area contributed by atoms with Crippen LogP contribution in [0.3, 0.4) is 0 Å². The summed E-state index contributed by atoms with van der Waals surface area (Å²) in [4.78, 5) is 8.84. The van der Waals surface area contributed by atoms with Crippen molar-refractivity contribution in [2.75, 3.05) is 12.4 Å². The summed E-state index contributed by atoms with van der Waals surface area (Å²) in [6, 6.07) is 0. The number of hydrogen-bond acceptors (Lipinski definition) is 3. The van der Waals surface area contributed by atoms with Crippen LogP contribution >= 0.6 is 0 Å². The molecular formula is C10H14N4. The topological polar surface area (TPSA) is 42.2 Å². The van der Waals surface area contributed by atoms with Crippen molar-refractivity contribution >= 4 is 11.5 Å². The molecule has 4 nitrogen and oxygen atoms in total. The van der Waals surface area contributed by atoms with Gasteiger partial charge in [0.05, 0.1) is 11.4 Å². The highest BCUT2D eigenvalue weighted by atomic mass is 15.1. The minimum atomic E-state index is 0.834. The van der Waals surface area contributed by atoms with Crippen LogP contribution < -0.4 is 5.32 Å². The van der Waals surface area contributed by atoms with Crippen molar-refractivity contribution in [3.8, 4) is 0 Å². The summed E-state index contributed by atoms with van der Waals surface area (Å²) in [6.07, 6.45) is 2.01. The lowest BCUT2D eigenvalue weighted by Gasteiger charge is -2.04. The summed E-state index contributed by atoms with van der Waals surface area (Å²) in [5.74, 6) is 0.834. The Morgan fingerprint density at radius 3 is 2.57 bits per heavy atom. The molecule has 2 rings (SSSR count). The number of anilines is 1. The average molecular weight is 190 g/mol. The number of nitrogens with one attached hydrogen (secondary N) is 1. The molecule has 0 saturated heterocycles. The third-order valence-corrected chi connectivity index (χ3v) is 2.44. The van der Waals surface area contributed by atoms with Gasteiger partial charge in [-0.15, -0.1) is 0 Å². The second-order valence-corrected chi connectivity index (χ2v) is 3.46. The van der Waals surface area contributed by atoms with E-state index in [1.165, 1.54) is 5.69 Å². The second-order valence-electron chi connectivity index (χ2n) is 3.46. The first-order chi connectivity index (χ1) is 6.63. The van der Waals surface area contributed by atoms with E-state index in [2.05, 4.69) is 26.6 Å². The number of hydrogen-bond donors (Lipinski definition) is 1. The zero-order valence-corrected chi connectivity index (χ0v) is 8.92. The van der Waals surface area contributed by atoms with E-state index in [-0.39, 0.29) is 0 Å². The Labute approximate surface area is 83.0 Å². The Bertz CT molecular complexity index is 484. The van der Waals surface area contributed by atoms with Gasteiger partial charge >= 0.3 is 0 Å². The fraction of sp³-hybridized carbons (Fsp3) is 0.400. The maximum atomic E-state index is 4.46. The Balaban J connectivity index is 2.87. The van der Waals surface area contributed by atoms with Gasteiger partial charge in [0.25, 0.3) is 0 Å². The van der Waals surface area contributed by atoms with Crippen LogP contribution in [0.5, 0.6) is 0 Å². The second kappa shape index (κ2) is 2.97. The van der Waals surface area contributed by atoms with Gasteiger partial charge in [0.1, 0.15) is 0 Å². The predicted octanol–water partition coefficient (Wildman–Crippen LogP) is 1.70. The van der Waals surface area contributed by atoms with Gasteiger partial charge in [-0.1, -0.05) is 0 Å². The zero-order chi connectivity index (χ0) is 10.3. The van der Waals surface area contributed by atoms with Crippen LogP contribution in [0.2, 0.25) is 0 Å². The zero-order valence-electron chi connectivity index (χ0n) is 8.92. The molecule has 2 aromatic rings. The largest absolute Gasteiger partial charge is 0.370 e. The highest BCUT2D eigenvalue weighted by Gasteiger charge is 2.09. The lowest BCUT2D eigenvalue weighted by Crippen LogP contribution is -2.00. The van der Waals surface area contributed by atoms with E-state index < -0.39 is 0 Å². The lowest BCUT2D eigenvalue weighted by atomic mass is 10.4. The molecule has 74 valence electrons. The third kappa shape index (κ3) is 1.14. The molecule has 0 aliphatic heterocycles. The molecule has 1 N–H and O–H groups in total. The first-order valence-corrected chi connectivity index (χ1v) is 4.64. The molecule has 0 bridgehead atoms. The lowest BCUT2D eigenvalue weighted by molar-refractivity contribution is 1.03. The highest BCUT2D eigenvalue weighted by Crippen LogP contribution is 2.17. The Kier molecular flexibility index (Phi) is 1.91. The van der Waals surface area contributed by atoms with Crippen molar-refractivity contribution in [2.24, 2.45) is 0 Å². The summed E-state index contributed by atoms with van der Waals surface area (Å²) in [5, 5.41) is 3.06. The van der Waals surface area contributed by atoms with E-state index in [0.29, 0.717) is 0 Å². The van der Waals surface area contributed by atoms with E-state index in [0.717, 1.165) is 22.9 Å². The molecule has 14 heavy (non-hydrogen) atoms. The molecule has 0 saturated carbocycles. The van der Waals surface area contributed by atoms with Gasteiger partial charge in [0, 0.05) is 18.9 Å². The maximum Gasteiger partial charge on any atom is 0.180 e. The van der Waals surface area contributed by atoms with Crippen LogP contribution in [0.15, 0.2) is 6.20 Å². The van der Waals surface area contributed by atoms with Crippen molar-refractivity contribution in [1.29, 1.82) is 0 Å². The normalized spacial score (nSPS) is 10.9. The maximum absolute atomic E-state index is 4.46. The first-order valence-electron chi connectivity index (χ1n) is 4.64. The number of aromatic nitrogens is 3. The van der Waals surface area contributed by atoms with Gasteiger partial charge in [-0.05, 0) is 20.8 Å². The van der Waals surface area contributed by atoms with Gasteiger partial charge in [-0.2, -0.15) is 0 Å². The van der Waals surface area contributed by atoms with Gasteiger partial charge in [0.2, 0.25) is 0 Å². The fourth-order valence-corrected chi connectivity index (χ4v) is 1.56. The molecular weight excluding hydrogens is 176 g/mol. The number of fused-ring (bicyclic) bond motifs is 1. The smallest absolute Gasteiger partial charge is 0.180 e. The minimum absolute atomic E-state index is 0.834. The molecule has 4 heteroatoms. The Morgan fingerprint density at radius 2 is 1.93 bits per heavy atom. The molecule has 0 unspecified atom stereocenters. The summed E-state index contributed by atoms with van der Waals surface area (Å²) in [7, 11) is 1.86. The molecule has 0 aromatic carbocycles. The van der Waals surface area contributed by atoms with Crippen molar-refractivity contribution < 1.29 is 0 Å². The quantitative estimate of drug-likeness (QED) is 0.744. The van der Waals surface area contributed by atoms with Gasteiger partial charge in [-0.25, -0.2) is 9.97 Å². The van der Waals surface area contributed by atoms with E-state index in [1.54, 1.807) is 0 Å². The van der Waals surface area contributed by atoms with Gasteiger partial charge < -0.3 is 5.32 Å². The van der Waals surface area contributed by atoms with Crippen LogP contribution in [0.1, 0.15) is 17.1 Å². The van der Waals surface area contributed by atoms with Crippen molar-refractivity contribution in [1.82, 2.24) is 14.4 Å². The third-order valence-electron chi connectivity index (χ3n) is 2.44. The van der Waals surface area contributed by atoms with Crippen molar-refractivity contribution in [3.05, 3.63) is 23.3 Å². The molecule has 2 aromatic heterocycles. The standard InChI is InChI=1S/C10H14N4/c1-6-5-14-8(3)7(2)13-10(14)9(11-4)12-6/h5H,1-4H3,(H,11,12). The van der Waals surface area contributed by atoms with Crippen LogP contribution in [0.25, 0.3) is 5.65 Å². The van der Waals surface area contributed by atoms with Gasteiger partial charge in [-0.3, -0.25) is 4.40 Å². The monoisotopic (exact) mass is 190 g/mol. The summed E-state index contributed by atoms with van der Waals surface area (Å²) >= 11 is 0. The Hall–Kier alpha value is -1.58.